The smallest absolute Gasteiger partial charge is 0.284 e. The predicted molar refractivity (Wildman–Crippen MR) is 119 cm³/mol. The number of carbonyl (C=O) groups excluding carboxylic acids is 2. The molecule has 1 aliphatic rings. The number of methoxy groups -OCH3 is 1. The van der Waals surface area contributed by atoms with Crippen molar-refractivity contribution >= 4 is 28.6 Å². The van der Waals surface area contributed by atoms with Gasteiger partial charge < -0.3 is 34.3 Å². The molecule has 174 valence electrons. The summed E-state index contributed by atoms with van der Waals surface area (Å²) in [5.41, 5.74) is 3.75. The number of hydrogen-bond acceptors (Lipinski definition) is 9. The molecule has 5 rings (SSSR count). The number of anilines is 1. The molecule has 1 atom stereocenters. The maximum atomic E-state index is 12.9. The highest BCUT2D eigenvalue weighted by Crippen LogP contribution is 2.30. The van der Waals surface area contributed by atoms with E-state index < -0.39 is 18.4 Å². The molecule has 34 heavy (non-hydrogen) atoms. The number of benzene rings is 2. The van der Waals surface area contributed by atoms with Gasteiger partial charge in [-0.1, -0.05) is 12.1 Å². The summed E-state index contributed by atoms with van der Waals surface area (Å²) in [5, 5.41) is 22.5. The largest absolute Gasteiger partial charge is 0.550 e. The average molecular weight is 461 g/mol. The molecule has 0 spiro atoms. The number of nitrogens with one attached hydrogen (secondary N) is 2. The zero-order valence-electron chi connectivity index (χ0n) is 18.3. The number of H-pyrrole nitrogens is 1. The van der Waals surface area contributed by atoms with Crippen LogP contribution in [0.25, 0.3) is 34.2 Å². The quantitative estimate of drug-likeness (QED) is 0.414. The molecule has 1 amide bonds. The summed E-state index contributed by atoms with van der Waals surface area (Å²) in [6.45, 7) is 0.913. The lowest BCUT2D eigenvalue weighted by molar-refractivity contribution is -0.305. The van der Waals surface area contributed by atoms with Crippen molar-refractivity contribution in [1.29, 1.82) is 0 Å². The number of fused-ring (bicyclic) bond motifs is 2. The van der Waals surface area contributed by atoms with Crippen molar-refractivity contribution < 1.29 is 23.8 Å². The number of carbonyl (C=O) groups is 2. The Bertz CT molecular complexity index is 1330. The van der Waals surface area contributed by atoms with Crippen molar-refractivity contribution in [1.82, 2.24) is 25.1 Å². The van der Waals surface area contributed by atoms with Crippen molar-refractivity contribution in [3.05, 3.63) is 48.0 Å². The second-order valence-electron chi connectivity index (χ2n) is 7.91. The summed E-state index contributed by atoms with van der Waals surface area (Å²) in [6.07, 6.45) is -0.436. The third-order valence-corrected chi connectivity index (χ3v) is 5.61. The number of para-hydroxylation sites is 2. The van der Waals surface area contributed by atoms with E-state index in [0.717, 1.165) is 16.6 Å². The van der Waals surface area contributed by atoms with Crippen LogP contribution in [-0.2, 0) is 20.9 Å². The Hall–Kier alpha value is -4.25. The highest BCUT2D eigenvalue weighted by molar-refractivity contribution is 5.90. The van der Waals surface area contributed by atoms with E-state index in [9.17, 15) is 14.7 Å². The first-order valence-corrected chi connectivity index (χ1v) is 10.7. The summed E-state index contributed by atoms with van der Waals surface area (Å²) >= 11 is 0. The number of hydrogen-bond donors (Lipinski definition) is 2. The van der Waals surface area contributed by atoms with Gasteiger partial charge in [0.25, 0.3) is 5.89 Å². The fourth-order valence-electron chi connectivity index (χ4n) is 3.94. The molecule has 0 saturated carbocycles. The molecule has 2 aromatic carbocycles. The molecule has 1 aliphatic heterocycles. The van der Waals surface area contributed by atoms with Crippen LogP contribution < -0.4 is 10.4 Å². The molecule has 2 aromatic heterocycles. The first kappa shape index (κ1) is 21.6. The van der Waals surface area contributed by atoms with Gasteiger partial charge in [0.15, 0.2) is 5.82 Å². The number of nitrogens with zero attached hydrogens (tertiary/aromatic N) is 4. The van der Waals surface area contributed by atoms with Gasteiger partial charge in [0.1, 0.15) is 6.04 Å². The zero-order chi connectivity index (χ0) is 23.7. The molecule has 0 bridgehead atoms. The number of rotatable bonds is 7. The highest BCUT2D eigenvalue weighted by atomic mass is 16.5. The molecular formula is C23H21N6O5-. The number of aromatic amines is 1. The van der Waals surface area contributed by atoms with Gasteiger partial charge in [0.2, 0.25) is 11.8 Å². The number of carboxylic acid groups (broad SMARTS) is 1. The summed E-state index contributed by atoms with van der Waals surface area (Å²) in [6, 6.07) is 12.0. The van der Waals surface area contributed by atoms with Gasteiger partial charge in [-0.25, -0.2) is 4.98 Å². The van der Waals surface area contributed by atoms with Gasteiger partial charge in [-0.2, -0.15) is 0 Å². The van der Waals surface area contributed by atoms with Gasteiger partial charge in [0, 0.05) is 43.8 Å². The van der Waals surface area contributed by atoms with Crippen molar-refractivity contribution in [2.24, 2.45) is 0 Å². The number of amides is 1. The lowest BCUT2D eigenvalue weighted by Crippen LogP contribution is -2.44. The van der Waals surface area contributed by atoms with Gasteiger partial charge in [0.05, 0.1) is 17.6 Å². The minimum absolute atomic E-state index is 0.255. The third-order valence-electron chi connectivity index (χ3n) is 5.61. The second kappa shape index (κ2) is 8.94. The zero-order valence-corrected chi connectivity index (χ0v) is 18.3. The summed E-state index contributed by atoms with van der Waals surface area (Å²) in [4.78, 5) is 33.3. The predicted octanol–water partition coefficient (Wildman–Crippen LogP) is 1.19. The molecule has 2 N–H and O–H groups in total. The van der Waals surface area contributed by atoms with Gasteiger partial charge in [-0.05, 0) is 35.9 Å². The number of ether oxygens (including phenoxy) is 1. The Kier molecular flexibility index (Phi) is 5.68. The SMILES string of the molecule is COCCN1Cc2cc(-c3nnc(-c4nc5ccccc5[nH]4)o3)ccc2NC(CC(=O)[O-])C1=O. The monoisotopic (exact) mass is 461 g/mol. The Balaban J connectivity index is 1.45. The topological polar surface area (TPSA) is 149 Å². The van der Waals surface area contributed by atoms with Crippen LogP contribution in [0.1, 0.15) is 12.0 Å². The third kappa shape index (κ3) is 4.20. The fraction of sp³-hybridized carbons (Fsp3) is 0.261. The number of aliphatic carboxylic acids is 1. The minimum atomic E-state index is -1.30. The number of aromatic nitrogens is 4. The molecule has 0 fully saturated rings. The van der Waals surface area contributed by atoms with E-state index in [0.29, 0.717) is 36.1 Å². The van der Waals surface area contributed by atoms with E-state index in [-0.39, 0.29) is 18.3 Å². The van der Waals surface area contributed by atoms with Crippen molar-refractivity contribution in [3.63, 3.8) is 0 Å². The fourth-order valence-corrected chi connectivity index (χ4v) is 3.94. The molecule has 11 heteroatoms. The van der Waals surface area contributed by atoms with Crippen LogP contribution >= 0.6 is 0 Å². The van der Waals surface area contributed by atoms with Gasteiger partial charge in [-0.3, -0.25) is 4.79 Å². The molecule has 0 radical (unpaired) electrons. The van der Waals surface area contributed by atoms with Crippen LogP contribution in [0.4, 0.5) is 5.69 Å². The van der Waals surface area contributed by atoms with Crippen molar-refractivity contribution in [3.8, 4) is 23.2 Å². The maximum absolute atomic E-state index is 12.9. The van der Waals surface area contributed by atoms with Crippen molar-refractivity contribution in [2.45, 2.75) is 19.0 Å². The summed E-state index contributed by atoms with van der Waals surface area (Å²) in [5.74, 6) is -0.614. The average Bonchev–Trinajstić information content (AvgIpc) is 3.46. The van der Waals surface area contributed by atoms with E-state index >= 15 is 0 Å². The van der Waals surface area contributed by atoms with E-state index in [1.165, 1.54) is 0 Å². The number of carboxylic acids is 1. The lowest BCUT2D eigenvalue weighted by Gasteiger charge is -2.24. The normalized spacial score (nSPS) is 15.7. The maximum Gasteiger partial charge on any atom is 0.284 e. The first-order valence-electron chi connectivity index (χ1n) is 10.7. The Labute approximate surface area is 193 Å². The van der Waals surface area contributed by atoms with E-state index in [1.807, 2.05) is 30.3 Å². The summed E-state index contributed by atoms with van der Waals surface area (Å²) in [7, 11) is 1.54. The Morgan fingerprint density at radius 3 is 2.85 bits per heavy atom. The lowest BCUT2D eigenvalue weighted by atomic mass is 10.1. The molecule has 1 unspecified atom stereocenters. The Morgan fingerprint density at radius 1 is 1.24 bits per heavy atom. The first-order chi connectivity index (χ1) is 16.5. The molecular weight excluding hydrogens is 440 g/mol. The molecule has 3 heterocycles. The van der Waals surface area contributed by atoms with Crippen LogP contribution in [0, 0.1) is 0 Å². The standard InChI is InChI=1S/C23H22N6O5/c1-33-9-8-29-12-14-10-13(6-7-15(14)24-18(23(29)32)11-19(30)31)21-27-28-22(34-21)20-25-16-4-2-3-5-17(16)26-20/h2-7,10,18,24H,8-9,11-12H2,1H3,(H,25,26)(H,30,31)/p-1. The second-order valence-corrected chi connectivity index (χ2v) is 7.91. The molecule has 0 saturated heterocycles. The van der Waals surface area contributed by atoms with E-state index in [1.54, 1.807) is 24.1 Å². The van der Waals surface area contributed by atoms with Crippen LogP contribution in [-0.4, -0.2) is 63.2 Å². The molecule has 11 nitrogen and oxygen atoms in total. The van der Waals surface area contributed by atoms with Gasteiger partial charge in [-0.15, -0.1) is 10.2 Å². The van der Waals surface area contributed by atoms with Gasteiger partial charge >= 0.3 is 0 Å². The number of imidazole rings is 1. The van der Waals surface area contributed by atoms with Crippen LogP contribution in [0.15, 0.2) is 46.9 Å². The van der Waals surface area contributed by atoms with E-state index in [4.69, 9.17) is 9.15 Å². The molecule has 0 aliphatic carbocycles. The van der Waals surface area contributed by atoms with Crippen LogP contribution in [0.2, 0.25) is 0 Å². The molecule has 4 aromatic rings. The Morgan fingerprint density at radius 2 is 2.06 bits per heavy atom. The van der Waals surface area contributed by atoms with Crippen molar-refractivity contribution in [2.75, 3.05) is 25.6 Å². The van der Waals surface area contributed by atoms with Crippen LogP contribution in [0.3, 0.4) is 0 Å². The summed E-state index contributed by atoms with van der Waals surface area (Å²) < 4.78 is 11.0. The highest BCUT2D eigenvalue weighted by Gasteiger charge is 2.29. The van der Waals surface area contributed by atoms with E-state index in [2.05, 4.69) is 25.5 Å². The van der Waals surface area contributed by atoms with Crippen LogP contribution in [0.5, 0.6) is 0 Å². The minimum Gasteiger partial charge on any atom is -0.550 e.